The van der Waals surface area contributed by atoms with E-state index in [1.54, 1.807) is 0 Å². The molecule has 0 unspecified atom stereocenters. The SMILES string of the molecule is c1ccc(-c2cccc(-c3cc(-c4cccc(-c5ccccc5)c4-n4c5ccccc5c5ccccc54)nc(-c4cccc(-c5ccccc5)c4-n4c5ccccc5c5ccccc54)n3)c2-n2c3ccccc3c3ccccc32)cc1. The molecule has 0 spiro atoms. The molecular formula is C76H49N5. The van der Waals surface area contributed by atoms with E-state index in [1.165, 1.54) is 32.3 Å². The number of benzene rings is 12. The highest BCUT2D eigenvalue weighted by Crippen LogP contribution is 2.47. The summed E-state index contributed by atoms with van der Waals surface area (Å²) in [6, 6.07) is 107. The maximum Gasteiger partial charge on any atom is 0.162 e. The summed E-state index contributed by atoms with van der Waals surface area (Å²) in [5.41, 5.74) is 20.8. The monoisotopic (exact) mass is 1030 g/mol. The lowest BCUT2D eigenvalue weighted by molar-refractivity contribution is 1.12. The molecule has 0 bridgehead atoms. The first-order chi connectivity index (χ1) is 40.2. The molecule has 0 amide bonds. The molecule has 5 heteroatoms. The van der Waals surface area contributed by atoms with Gasteiger partial charge in [0.05, 0.1) is 61.6 Å². The molecule has 0 saturated heterocycles. The second-order valence-corrected chi connectivity index (χ2v) is 20.8. The molecule has 0 fully saturated rings. The van der Waals surface area contributed by atoms with Crippen LogP contribution >= 0.6 is 0 Å². The smallest absolute Gasteiger partial charge is 0.162 e. The zero-order valence-electron chi connectivity index (χ0n) is 44.0. The molecular weight excluding hydrogens is 983 g/mol. The lowest BCUT2D eigenvalue weighted by Crippen LogP contribution is -2.06. The third-order valence-electron chi connectivity index (χ3n) is 16.3. The summed E-state index contributed by atoms with van der Waals surface area (Å²) in [6.07, 6.45) is 0. The van der Waals surface area contributed by atoms with Gasteiger partial charge in [-0.3, -0.25) is 0 Å². The van der Waals surface area contributed by atoms with Crippen molar-refractivity contribution in [1.29, 1.82) is 0 Å². The molecule has 378 valence electrons. The summed E-state index contributed by atoms with van der Waals surface area (Å²) >= 11 is 0. The third kappa shape index (κ3) is 7.40. The lowest BCUT2D eigenvalue weighted by atomic mass is 9.94. The van der Waals surface area contributed by atoms with Crippen LogP contribution in [0.5, 0.6) is 0 Å². The number of nitrogens with zero attached hydrogens (tertiary/aromatic N) is 5. The first kappa shape index (κ1) is 46.2. The summed E-state index contributed by atoms with van der Waals surface area (Å²) in [5, 5.41) is 7.11. The van der Waals surface area contributed by atoms with Crippen molar-refractivity contribution < 1.29 is 0 Å². The van der Waals surface area contributed by atoms with Crippen LogP contribution in [0.25, 0.3) is 150 Å². The Hall–Kier alpha value is -10.9. The first-order valence-corrected chi connectivity index (χ1v) is 27.7. The van der Waals surface area contributed by atoms with Gasteiger partial charge in [0.15, 0.2) is 5.82 Å². The van der Waals surface area contributed by atoms with Crippen molar-refractivity contribution in [3.63, 3.8) is 0 Å². The van der Waals surface area contributed by atoms with Crippen molar-refractivity contribution in [1.82, 2.24) is 23.7 Å². The van der Waals surface area contributed by atoms with Crippen molar-refractivity contribution in [2.24, 2.45) is 0 Å². The van der Waals surface area contributed by atoms with Crippen LogP contribution in [0.1, 0.15) is 0 Å². The van der Waals surface area contributed by atoms with Gasteiger partial charge in [-0.2, -0.15) is 0 Å². The van der Waals surface area contributed by atoms with Crippen LogP contribution in [0, 0.1) is 0 Å². The molecule has 4 aromatic heterocycles. The first-order valence-electron chi connectivity index (χ1n) is 27.7. The van der Waals surface area contributed by atoms with Gasteiger partial charge >= 0.3 is 0 Å². The Morgan fingerprint density at radius 3 is 0.728 bits per heavy atom. The molecule has 0 N–H and O–H groups in total. The molecule has 5 nitrogen and oxygen atoms in total. The molecule has 16 aromatic rings. The molecule has 0 aliphatic carbocycles. The fourth-order valence-electron chi connectivity index (χ4n) is 12.8. The second kappa shape index (κ2) is 18.9. The van der Waals surface area contributed by atoms with Gasteiger partial charge in [0.25, 0.3) is 0 Å². The fourth-order valence-corrected chi connectivity index (χ4v) is 12.8. The minimum atomic E-state index is 0.605. The molecule has 0 saturated carbocycles. The van der Waals surface area contributed by atoms with E-state index in [0.29, 0.717) is 5.82 Å². The van der Waals surface area contributed by atoms with Gasteiger partial charge in [-0.25, -0.2) is 9.97 Å². The number of hydrogen-bond donors (Lipinski definition) is 0. The van der Waals surface area contributed by atoms with Crippen LogP contribution in [0.15, 0.2) is 297 Å². The number of rotatable bonds is 9. The highest BCUT2D eigenvalue weighted by Gasteiger charge is 2.27. The number of fused-ring (bicyclic) bond motifs is 9. The number of hydrogen-bond acceptors (Lipinski definition) is 2. The van der Waals surface area contributed by atoms with Gasteiger partial charge in [-0.15, -0.1) is 0 Å². The van der Waals surface area contributed by atoms with Crippen LogP contribution < -0.4 is 0 Å². The number of para-hydroxylation sites is 9. The van der Waals surface area contributed by atoms with Crippen molar-refractivity contribution in [2.75, 3.05) is 0 Å². The predicted octanol–water partition coefficient (Wildman–Crippen LogP) is 19.8. The average Bonchev–Trinajstić information content (AvgIpc) is 4.24. The summed E-state index contributed by atoms with van der Waals surface area (Å²) < 4.78 is 7.36. The summed E-state index contributed by atoms with van der Waals surface area (Å²) in [6.45, 7) is 0. The van der Waals surface area contributed by atoms with E-state index in [2.05, 4.69) is 311 Å². The van der Waals surface area contributed by atoms with Gasteiger partial charge in [0.2, 0.25) is 0 Å². The minimum Gasteiger partial charge on any atom is -0.308 e. The van der Waals surface area contributed by atoms with Crippen LogP contribution in [0.4, 0.5) is 0 Å². The van der Waals surface area contributed by atoms with E-state index in [4.69, 9.17) is 9.97 Å². The van der Waals surface area contributed by atoms with Crippen LogP contribution in [-0.2, 0) is 0 Å². The van der Waals surface area contributed by atoms with E-state index >= 15 is 0 Å². The largest absolute Gasteiger partial charge is 0.308 e. The van der Waals surface area contributed by atoms with Gasteiger partial charge < -0.3 is 13.7 Å². The normalized spacial score (nSPS) is 11.7. The van der Waals surface area contributed by atoms with Gasteiger partial charge in [0.1, 0.15) is 0 Å². The molecule has 12 aromatic carbocycles. The Morgan fingerprint density at radius 2 is 0.432 bits per heavy atom. The standard InChI is InChI=1S/C76H49N5/c1-4-25-50(26-5-1)53-37-22-40-62(73(53)79-67-43-16-10-31-56(67)57-32-11-17-44-68(57)79)65-49-66(63-41-23-38-54(51-27-6-2-7-28-51)74(63)80-69-45-18-12-33-58(69)59-34-13-19-46-70(59)80)78-76(77-65)64-42-24-39-55(52-29-8-3-9-30-52)75(64)81-71-47-20-14-35-60(71)61-36-15-21-48-72(61)81/h1-49H. The molecule has 81 heavy (non-hydrogen) atoms. The van der Waals surface area contributed by atoms with Crippen LogP contribution in [0.2, 0.25) is 0 Å². The summed E-state index contributed by atoms with van der Waals surface area (Å²) in [5.74, 6) is 0.605. The lowest BCUT2D eigenvalue weighted by Gasteiger charge is -2.22. The Bertz CT molecular complexity index is 4420. The second-order valence-electron chi connectivity index (χ2n) is 20.8. The maximum atomic E-state index is 5.96. The number of aromatic nitrogens is 5. The Kier molecular flexibility index (Phi) is 10.8. The molecule has 16 rings (SSSR count). The van der Waals surface area contributed by atoms with E-state index in [1.807, 2.05) is 0 Å². The quantitative estimate of drug-likeness (QED) is 0.145. The van der Waals surface area contributed by atoms with Crippen LogP contribution in [0.3, 0.4) is 0 Å². The van der Waals surface area contributed by atoms with Gasteiger partial charge in [-0.1, -0.05) is 249 Å². The predicted molar refractivity (Wildman–Crippen MR) is 338 cm³/mol. The van der Waals surface area contributed by atoms with Gasteiger partial charge in [0, 0.05) is 65.7 Å². The van der Waals surface area contributed by atoms with E-state index in [-0.39, 0.29) is 0 Å². The maximum absolute atomic E-state index is 5.96. The van der Waals surface area contributed by atoms with Gasteiger partial charge in [-0.05, 0) is 65.2 Å². The highest BCUT2D eigenvalue weighted by molar-refractivity contribution is 6.13. The van der Waals surface area contributed by atoms with Crippen molar-refractivity contribution >= 4 is 65.4 Å². The minimum absolute atomic E-state index is 0.605. The van der Waals surface area contributed by atoms with Crippen molar-refractivity contribution in [3.8, 4) is 84.3 Å². The molecule has 4 heterocycles. The Labute approximate surface area is 468 Å². The summed E-state index contributed by atoms with van der Waals surface area (Å²) in [4.78, 5) is 11.9. The third-order valence-corrected chi connectivity index (χ3v) is 16.3. The molecule has 0 atom stereocenters. The van der Waals surface area contributed by atoms with E-state index in [9.17, 15) is 0 Å². The van der Waals surface area contributed by atoms with E-state index in [0.717, 1.165) is 112 Å². The molecule has 0 aliphatic rings. The zero-order chi connectivity index (χ0) is 53.4. The van der Waals surface area contributed by atoms with Crippen molar-refractivity contribution in [3.05, 3.63) is 297 Å². The summed E-state index contributed by atoms with van der Waals surface area (Å²) in [7, 11) is 0. The van der Waals surface area contributed by atoms with Crippen LogP contribution in [-0.4, -0.2) is 23.7 Å². The fraction of sp³-hybridized carbons (Fsp3) is 0. The topological polar surface area (TPSA) is 40.6 Å². The molecule has 0 radical (unpaired) electrons. The molecule has 0 aliphatic heterocycles. The zero-order valence-corrected chi connectivity index (χ0v) is 44.0. The van der Waals surface area contributed by atoms with Crippen molar-refractivity contribution in [2.45, 2.75) is 0 Å². The van der Waals surface area contributed by atoms with E-state index < -0.39 is 0 Å². The Balaban J connectivity index is 1.08. The average molecular weight is 1030 g/mol. The highest BCUT2D eigenvalue weighted by atomic mass is 15.0. The Morgan fingerprint density at radius 1 is 0.198 bits per heavy atom.